The predicted molar refractivity (Wildman–Crippen MR) is 85.6 cm³/mol. The van der Waals surface area contributed by atoms with Crippen LogP contribution in [0.15, 0.2) is 60.7 Å². The van der Waals surface area contributed by atoms with Gasteiger partial charge in [0.05, 0.1) is 18.2 Å². The summed E-state index contributed by atoms with van der Waals surface area (Å²) in [4.78, 5) is 11.9. The molecule has 2 aromatic rings. The summed E-state index contributed by atoms with van der Waals surface area (Å²) >= 11 is 0. The quantitative estimate of drug-likeness (QED) is 0.771. The second kappa shape index (κ2) is 8.32. The molecule has 0 heterocycles. The molecule has 2 N–H and O–H groups in total. The van der Waals surface area contributed by atoms with Crippen molar-refractivity contribution in [1.29, 1.82) is 0 Å². The molecule has 116 valence electrons. The van der Waals surface area contributed by atoms with E-state index in [9.17, 15) is 9.90 Å². The molecule has 4 nitrogen and oxygen atoms in total. The predicted octanol–water partition coefficient (Wildman–Crippen LogP) is 2.56. The second-order valence-electron chi connectivity index (χ2n) is 5.14. The summed E-state index contributed by atoms with van der Waals surface area (Å²) in [7, 11) is 0. The summed E-state index contributed by atoms with van der Waals surface area (Å²) in [5.74, 6) is -0.381. The number of carbonyl (C=O) groups excluding carboxylic acids is 1. The van der Waals surface area contributed by atoms with Crippen LogP contribution in [0.1, 0.15) is 28.9 Å². The van der Waals surface area contributed by atoms with Crippen molar-refractivity contribution in [2.24, 2.45) is 0 Å². The van der Waals surface area contributed by atoms with Crippen molar-refractivity contribution < 1.29 is 14.6 Å². The highest BCUT2D eigenvalue weighted by molar-refractivity contribution is 5.89. The molecule has 0 aliphatic carbocycles. The van der Waals surface area contributed by atoms with Gasteiger partial charge in [-0.15, -0.1) is 0 Å². The van der Waals surface area contributed by atoms with Crippen molar-refractivity contribution in [2.45, 2.75) is 19.0 Å². The minimum Gasteiger partial charge on any atom is -0.460 e. The van der Waals surface area contributed by atoms with E-state index >= 15 is 0 Å². The highest BCUT2D eigenvalue weighted by atomic mass is 16.5. The molecule has 0 radical (unpaired) electrons. The molecule has 0 unspecified atom stereocenters. The van der Waals surface area contributed by atoms with Crippen LogP contribution in [0.5, 0.6) is 0 Å². The Labute approximate surface area is 130 Å². The maximum atomic E-state index is 11.9. The van der Waals surface area contributed by atoms with Crippen molar-refractivity contribution in [3.05, 3.63) is 71.8 Å². The van der Waals surface area contributed by atoms with E-state index in [1.54, 1.807) is 24.3 Å². The van der Waals surface area contributed by atoms with Crippen LogP contribution in [0.25, 0.3) is 0 Å². The molecule has 2 aromatic carbocycles. The fraction of sp³-hybridized carbons (Fsp3) is 0.278. The van der Waals surface area contributed by atoms with Gasteiger partial charge in [0, 0.05) is 6.04 Å². The van der Waals surface area contributed by atoms with E-state index in [0.717, 1.165) is 5.56 Å². The Morgan fingerprint density at radius 3 is 2.27 bits per heavy atom. The van der Waals surface area contributed by atoms with Gasteiger partial charge in [-0.3, -0.25) is 0 Å². The summed E-state index contributed by atoms with van der Waals surface area (Å²) in [5, 5.41) is 12.7. The first kappa shape index (κ1) is 16.2. The zero-order valence-electron chi connectivity index (χ0n) is 12.6. The molecule has 2 rings (SSSR count). The number of benzene rings is 2. The largest absolute Gasteiger partial charge is 0.460 e. The van der Waals surface area contributed by atoms with Crippen LogP contribution >= 0.6 is 0 Å². The average Bonchev–Trinajstić information content (AvgIpc) is 2.59. The third-order valence-electron chi connectivity index (χ3n) is 3.43. The van der Waals surface area contributed by atoms with Gasteiger partial charge in [-0.1, -0.05) is 48.5 Å². The average molecular weight is 299 g/mol. The second-order valence-corrected chi connectivity index (χ2v) is 5.14. The molecule has 4 heteroatoms. The summed E-state index contributed by atoms with van der Waals surface area (Å²) in [6.45, 7) is 2.04. The number of ether oxygens (including phenoxy) is 1. The van der Waals surface area contributed by atoms with Crippen LogP contribution in [-0.2, 0) is 4.74 Å². The first-order valence-electron chi connectivity index (χ1n) is 7.34. The van der Waals surface area contributed by atoms with E-state index < -0.39 is 0 Å². The van der Waals surface area contributed by atoms with Crippen LogP contribution in [0, 0.1) is 0 Å². The monoisotopic (exact) mass is 299 g/mol. The Morgan fingerprint density at radius 1 is 1.09 bits per heavy atom. The Kier molecular flexibility index (Phi) is 6.13. The minimum absolute atomic E-state index is 0.0637. The Bertz CT molecular complexity index is 571. The van der Waals surface area contributed by atoms with Gasteiger partial charge >= 0.3 is 5.97 Å². The molecule has 0 aliphatic heterocycles. The van der Waals surface area contributed by atoms with Gasteiger partial charge in [0.1, 0.15) is 6.61 Å². The molecular formula is C18H21NO3. The molecule has 0 amide bonds. The Balaban J connectivity index is 1.86. The first-order valence-corrected chi connectivity index (χ1v) is 7.34. The van der Waals surface area contributed by atoms with Crippen LogP contribution in [0.3, 0.4) is 0 Å². The number of nitrogens with one attached hydrogen (secondary N) is 1. The van der Waals surface area contributed by atoms with Crippen LogP contribution in [0.2, 0.25) is 0 Å². The van der Waals surface area contributed by atoms with Crippen molar-refractivity contribution in [2.75, 3.05) is 13.2 Å². The fourth-order valence-electron chi connectivity index (χ4n) is 2.18. The van der Waals surface area contributed by atoms with E-state index in [2.05, 4.69) is 5.32 Å². The third kappa shape index (κ3) is 4.69. The highest BCUT2D eigenvalue weighted by Gasteiger charge is 2.15. The number of hydrogen-bond donors (Lipinski definition) is 2. The van der Waals surface area contributed by atoms with Gasteiger partial charge < -0.3 is 15.2 Å². The third-order valence-corrected chi connectivity index (χ3v) is 3.43. The van der Waals surface area contributed by atoms with Crippen molar-refractivity contribution in [3.8, 4) is 0 Å². The van der Waals surface area contributed by atoms with E-state index in [0.29, 0.717) is 5.56 Å². The Morgan fingerprint density at radius 2 is 1.68 bits per heavy atom. The molecule has 2 atom stereocenters. The smallest absolute Gasteiger partial charge is 0.338 e. The normalized spacial score (nSPS) is 13.4. The van der Waals surface area contributed by atoms with Gasteiger partial charge in [-0.2, -0.15) is 0 Å². The van der Waals surface area contributed by atoms with E-state index in [1.165, 1.54) is 0 Å². The lowest BCUT2D eigenvalue weighted by Gasteiger charge is -2.22. The molecule has 0 aliphatic rings. The van der Waals surface area contributed by atoms with Gasteiger partial charge in [0.2, 0.25) is 0 Å². The van der Waals surface area contributed by atoms with Crippen molar-refractivity contribution in [3.63, 3.8) is 0 Å². The van der Waals surface area contributed by atoms with Crippen LogP contribution < -0.4 is 5.32 Å². The lowest BCUT2D eigenvalue weighted by Crippen LogP contribution is -2.39. The maximum absolute atomic E-state index is 11.9. The van der Waals surface area contributed by atoms with Gasteiger partial charge in [0.25, 0.3) is 0 Å². The fourth-order valence-corrected chi connectivity index (χ4v) is 2.18. The van der Waals surface area contributed by atoms with Gasteiger partial charge in [-0.05, 0) is 24.6 Å². The molecule has 0 saturated heterocycles. The summed E-state index contributed by atoms with van der Waals surface area (Å²) in [5.41, 5.74) is 1.63. The summed E-state index contributed by atoms with van der Waals surface area (Å²) < 4.78 is 5.26. The van der Waals surface area contributed by atoms with Crippen molar-refractivity contribution in [1.82, 2.24) is 5.32 Å². The Hall–Kier alpha value is -2.17. The lowest BCUT2D eigenvalue weighted by molar-refractivity contribution is 0.0421. The zero-order valence-corrected chi connectivity index (χ0v) is 12.6. The zero-order chi connectivity index (χ0) is 15.8. The molecule has 0 aromatic heterocycles. The first-order chi connectivity index (χ1) is 10.7. The highest BCUT2D eigenvalue weighted by Crippen LogP contribution is 2.12. The molecule has 0 bridgehead atoms. The number of rotatable bonds is 7. The number of aliphatic hydroxyl groups is 1. The van der Waals surface area contributed by atoms with Crippen LogP contribution in [-0.4, -0.2) is 30.3 Å². The number of esters is 1. The number of carbonyl (C=O) groups is 1. The molecule has 0 spiro atoms. The van der Waals surface area contributed by atoms with Gasteiger partial charge in [-0.25, -0.2) is 4.79 Å². The topological polar surface area (TPSA) is 58.6 Å². The number of hydrogen-bond acceptors (Lipinski definition) is 4. The van der Waals surface area contributed by atoms with E-state index in [4.69, 9.17) is 4.74 Å². The molecule has 0 saturated carbocycles. The van der Waals surface area contributed by atoms with Gasteiger partial charge in [0.15, 0.2) is 0 Å². The molecule has 22 heavy (non-hydrogen) atoms. The van der Waals surface area contributed by atoms with Crippen molar-refractivity contribution >= 4 is 5.97 Å². The van der Waals surface area contributed by atoms with E-state index in [1.807, 2.05) is 43.3 Å². The summed E-state index contributed by atoms with van der Waals surface area (Å²) in [6.07, 6.45) is 0. The van der Waals surface area contributed by atoms with E-state index in [-0.39, 0.29) is 31.3 Å². The summed E-state index contributed by atoms with van der Waals surface area (Å²) in [6, 6.07) is 18.5. The minimum atomic E-state index is -0.381. The molecular weight excluding hydrogens is 278 g/mol. The van der Waals surface area contributed by atoms with Crippen LogP contribution in [0.4, 0.5) is 0 Å². The lowest BCUT2D eigenvalue weighted by atomic mass is 10.1. The maximum Gasteiger partial charge on any atom is 0.338 e. The SMILES string of the molecule is C[C@@H](N[C@@H](CO)COC(=O)c1ccccc1)c1ccccc1. The number of aliphatic hydroxyl groups excluding tert-OH is 1. The molecule has 0 fully saturated rings. The standard InChI is InChI=1S/C18H21NO3/c1-14(15-8-4-2-5-9-15)19-17(12-20)13-22-18(21)16-10-6-3-7-11-16/h2-11,14,17,19-20H,12-13H2,1H3/t14-,17+/m1/s1.